The lowest BCUT2D eigenvalue weighted by Gasteiger charge is -2.33. The van der Waals surface area contributed by atoms with Crippen LogP contribution in [0.2, 0.25) is 5.02 Å². The van der Waals surface area contributed by atoms with Crippen LogP contribution >= 0.6 is 11.6 Å². The molecule has 1 aliphatic heterocycles. The molecule has 1 unspecified atom stereocenters. The van der Waals surface area contributed by atoms with Crippen molar-refractivity contribution in [3.05, 3.63) is 46.3 Å². The summed E-state index contributed by atoms with van der Waals surface area (Å²) in [7, 11) is -0.855. The van der Waals surface area contributed by atoms with Gasteiger partial charge in [0.1, 0.15) is 18.0 Å². The highest BCUT2D eigenvalue weighted by Crippen LogP contribution is 2.42. The number of benzene rings is 1. The molecule has 1 heterocycles. The Hall–Kier alpha value is -1.56. The zero-order chi connectivity index (χ0) is 24.2. The van der Waals surface area contributed by atoms with E-state index in [1.807, 2.05) is 0 Å². The van der Waals surface area contributed by atoms with Crippen molar-refractivity contribution in [2.24, 2.45) is 0 Å². The van der Waals surface area contributed by atoms with E-state index in [-0.39, 0.29) is 48.8 Å². The van der Waals surface area contributed by atoms with E-state index < -0.39 is 50.6 Å². The van der Waals surface area contributed by atoms with Gasteiger partial charge in [-0.2, -0.15) is 0 Å². The first-order valence-electron chi connectivity index (χ1n) is 10.5. The zero-order valence-corrected chi connectivity index (χ0v) is 20.3. The molecule has 3 rings (SSSR count). The van der Waals surface area contributed by atoms with Gasteiger partial charge in [0.2, 0.25) is 0 Å². The molecule has 2 aliphatic rings. The molecule has 0 bridgehead atoms. The molecule has 1 aromatic carbocycles. The molecular weight excluding hydrogens is 479 g/mol. The minimum Gasteiger partial charge on any atom is -0.463 e. The fraction of sp³-hybridized carbons (Fsp3) is 0.591. The number of halogens is 2. The molecule has 1 aliphatic carbocycles. The number of sulfone groups is 1. The number of esters is 1. The maximum atomic E-state index is 13.4. The van der Waals surface area contributed by atoms with E-state index in [0.29, 0.717) is 0 Å². The third-order valence-electron chi connectivity index (χ3n) is 5.57. The van der Waals surface area contributed by atoms with Crippen molar-refractivity contribution in [2.45, 2.75) is 48.8 Å². The second kappa shape index (κ2) is 10.8. The average Bonchev–Trinajstić information content (AvgIpc) is 3.07. The Bertz CT molecular complexity index is 982. The number of hydrogen-bond donors (Lipinski definition) is 0. The van der Waals surface area contributed by atoms with Crippen LogP contribution in [0.1, 0.15) is 25.3 Å². The third kappa shape index (κ3) is 5.93. The Morgan fingerprint density at radius 1 is 1.21 bits per heavy atom. The van der Waals surface area contributed by atoms with Crippen molar-refractivity contribution in [1.29, 1.82) is 0 Å². The molecule has 0 aromatic heterocycles. The van der Waals surface area contributed by atoms with Crippen LogP contribution in [0, 0.1) is 5.82 Å². The molecule has 8 nitrogen and oxygen atoms in total. The fourth-order valence-corrected chi connectivity index (χ4v) is 6.34. The lowest BCUT2D eigenvalue weighted by Crippen LogP contribution is -2.41. The van der Waals surface area contributed by atoms with Gasteiger partial charge in [0, 0.05) is 25.7 Å². The van der Waals surface area contributed by atoms with Gasteiger partial charge in [-0.25, -0.2) is 17.6 Å². The Morgan fingerprint density at radius 2 is 1.85 bits per heavy atom. The molecule has 1 spiro atoms. The van der Waals surface area contributed by atoms with Crippen molar-refractivity contribution in [3.8, 4) is 0 Å². The maximum absolute atomic E-state index is 13.4. The van der Waals surface area contributed by atoms with Gasteiger partial charge in [0.25, 0.3) is 0 Å². The molecule has 11 heteroatoms. The number of carbonyl (C=O) groups is 1. The summed E-state index contributed by atoms with van der Waals surface area (Å²) in [6, 6.07) is 3.51. The second-order valence-corrected chi connectivity index (χ2v) is 10.5. The van der Waals surface area contributed by atoms with Crippen LogP contribution in [0.3, 0.4) is 0 Å². The van der Waals surface area contributed by atoms with Gasteiger partial charge in [-0.15, -0.1) is 0 Å². The number of ether oxygens (including phenoxy) is 5. The lowest BCUT2D eigenvalue weighted by molar-refractivity contribution is -0.155. The minimum absolute atomic E-state index is 0.000191. The van der Waals surface area contributed by atoms with Crippen molar-refractivity contribution < 1.29 is 41.3 Å². The molecule has 0 N–H and O–H groups in total. The average molecular weight is 507 g/mol. The molecule has 184 valence electrons. The van der Waals surface area contributed by atoms with Crippen LogP contribution in [0.25, 0.3) is 0 Å². The Kier molecular flexibility index (Phi) is 8.52. The van der Waals surface area contributed by atoms with Gasteiger partial charge >= 0.3 is 5.97 Å². The van der Waals surface area contributed by atoms with Gasteiger partial charge < -0.3 is 23.7 Å². The summed E-state index contributed by atoms with van der Waals surface area (Å²) in [6.07, 6.45) is 0.741. The highest BCUT2D eigenvalue weighted by atomic mass is 35.5. The first kappa shape index (κ1) is 26.1. The van der Waals surface area contributed by atoms with Crippen LogP contribution in [0.4, 0.5) is 4.39 Å². The minimum atomic E-state index is -3.91. The van der Waals surface area contributed by atoms with Crippen LogP contribution in [0.15, 0.2) is 29.8 Å². The van der Waals surface area contributed by atoms with Crippen LogP contribution in [-0.2, 0) is 44.1 Å². The summed E-state index contributed by atoms with van der Waals surface area (Å²) in [5.74, 6) is -3.09. The van der Waals surface area contributed by atoms with Gasteiger partial charge in [0.15, 0.2) is 15.6 Å². The first-order valence-corrected chi connectivity index (χ1v) is 12.6. The lowest BCUT2D eigenvalue weighted by atomic mass is 9.94. The topological polar surface area (TPSA) is 97.4 Å². The summed E-state index contributed by atoms with van der Waals surface area (Å²) in [5.41, 5.74) is 0.186. The molecule has 1 fully saturated rings. The Balaban J connectivity index is 1.94. The molecule has 33 heavy (non-hydrogen) atoms. The molecule has 1 aromatic rings. The van der Waals surface area contributed by atoms with E-state index in [0.717, 1.165) is 12.1 Å². The zero-order valence-electron chi connectivity index (χ0n) is 18.7. The predicted octanol–water partition coefficient (Wildman–Crippen LogP) is 2.82. The third-order valence-corrected chi connectivity index (χ3v) is 7.99. The SMILES string of the molecule is CCOC(=O)C1=CC2(CCC1S(=O)(=O)Cc1ccc(F)cc1Cl)O[C@H](COC)[C@@H](COC)O2. The van der Waals surface area contributed by atoms with Crippen LogP contribution < -0.4 is 0 Å². The van der Waals surface area contributed by atoms with E-state index in [9.17, 15) is 17.6 Å². The first-order chi connectivity index (χ1) is 15.6. The normalized spacial score (nSPS) is 24.6. The number of hydrogen-bond acceptors (Lipinski definition) is 8. The summed E-state index contributed by atoms with van der Waals surface area (Å²) in [6.45, 7) is 2.18. The van der Waals surface area contributed by atoms with Gasteiger partial charge in [0.05, 0.1) is 36.4 Å². The van der Waals surface area contributed by atoms with E-state index in [1.54, 1.807) is 6.92 Å². The summed E-state index contributed by atoms with van der Waals surface area (Å²) in [5, 5.41) is -1.15. The van der Waals surface area contributed by atoms with Crippen molar-refractivity contribution >= 4 is 27.4 Å². The maximum Gasteiger partial charge on any atom is 0.335 e. The van der Waals surface area contributed by atoms with E-state index in [1.165, 1.54) is 26.4 Å². The quantitative estimate of drug-likeness (QED) is 0.472. The second-order valence-electron chi connectivity index (χ2n) is 7.93. The molecule has 1 saturated heterocycles. The monoisotopic (exact) mass is 506 g/mol. The molecule has 0 radical (unpaired) electrons. The van der Waals surface area contributed by atoms with Crippen LogP contribution in [-0.4, -0.2) is 71.7 Å². The summed E-state index contributed by atoms with van der Waals surface area (Å²) < 4.78 is 67.8. The van der Waals surface area contributed by atoms with Crippen molar-refractivity contribution in [1.82, 2.24) is 0 Å². The number of methoxy groups -OCH3 is 2. The highest BCUT2D eigenvalue weighted by molar-refractivity contribution is 7.91. The van der Waals surface area contributed by atoms with Crippen molar-refractivity contribution in [3.63, 3.8) is 0 Å². The van der Waals surface area contributed by atoms with Crippen LogP contribution in [0.5, 0.6) is 0 Å². The predicted molar refractivity (Wildman–Crippen MR) is 118 cm³/mol. The van der Waals surface area contributed by atoms with Gasteiger partial charge in [-0.1, -0.05) is 17.7 Å². The van der Waals surface area contributed by atoms with E-state index >= 15 is 0 Å². The standard InChI is InChI=1S/C22H28ClFO8S/c1-4-30-21(25)16-10-22(31-18(11-28-2)19(32-22)12-29-3)8-7-20(16)33(26,27)13-14-5-6-15(24)9-17(14)23/h5-6,9-10,18-20H,4,7-8,11-13H2,1-3H3/t18-,19-,20?/m1/s1. The molecule has 0 amide bonds. The van der Waals surface area contributed by atoms with Gasteiger partial charge in [-0.05, 0) is 37.1 Å². The Labute approximate surface area is 197 Å². The smallest absolute Gasteiger partial charge is 0.335 e. The summed E-state index contributed by atoms with van der Waals surface area (Å²) in [4.78, 5) is 12.8. The van der Waals surface area contributed by atoms with Crippen molar-refractivity contribution in [2.75, 3.05) is 34.0 Å². The molecule has 0 saturated carbocycles. The Morgan fingerprint density at radius 3 is 2.39 bits per heavy atom. The largest absolute Gasteiger partial charge is 0.463 e. The highest BCUT2D eigenvalue weighted by Gasteiger charge is 2.51. The molecule has 3 atom stereocenters. The number of carbonyl (C=O) groups excluding carboxylic acids is 1. The van der Waals surface area contributed by atoms with Gasteiger partial charge in [-0.3, -0.25) is 0 Å². The summed E-state index contributed by atoms with van der Waals surface area (Å²) >= 11 is 6.04. The van der Waals surface area contributed by atoms with E-state index in [4.69, 9.17) is 35.3 Å². The molecular formula is C22H28ClFO8S. The number of rotatable bonds is 9. The fourth-order valence-electron chi connectivity index (χ4n) is 4.11. The van der Waals surface area contributed by atoms with E-state index in [2.05, 4.69) is 0 Å².